The van der Waals surface area contributed by atoms with Gasteiger partial charge in [-0.05, 0) is 42.4 Å². The smallest absolute Gasteiger partial charge is 0.227 e. The summed E-state index contributed by atoms with van der Waals surface area (Å²) in [5.74, 6) is -0.0156. The first-order chi connectivity index (χ1) is 17.0. The van der Waals surface area contributed by atoms with Gasteiger partial charge in [0.2, 0.25) is 11.8 Å². The summed E-state index contributed by atoms with van der Waals surface area (Å²) >= 11 is 0. The average Bonchev–Trinajstić information content (AvgIpc) is 3.24. The largest absolute Gasteiger partial charge is 0.389 e. The van der Waals surface area contributed by atoms with Crippen molar-refractivity contribution in [1.29, 1.82) is 0 Å². The number of rotatable bonds is 5. The summed E-state index contributed by atoms with van der Waals surface area (Å²) < 4.78 is 12.0. The molecule has 0 bridgehead atoms. The van der Waals surface area contributed by atoms with Gasteiger partial charge in [0, 0.05) is 12.6 Å². The number of hydrogen-bond acceptors (Lipinski definition) is 5. The molecule has 0 saturated carbocycles. The molecule has 2 aliphatic heterocycles. The molecule has 3 aliphatic rings. The fourth-order valence-electron chi connectivity index (χ4n) is 5.65. The number of aliphatic hydroxyl groups excluding tert-OH is 1. The number of fused-ring (bicyclic) bond motifs is 2. The van der Waals surface area contributed by atoms with Crippen LogP contribution in [0, 0.1) is 0 Å². The second-order valence-electron chi connectivity index (χ2n) is 9.99. The van der Waals surface area contributed by atoms with Gasteiger partial charge < -0.3 is 24.8 Å². The average molecular weight is 479 g/mol. The summed E-state index contributed by atoms with van der Waals surface area (Å²) in [6.45, 7) is 0.686. The van der Waals surface area contributed by atoms with Crippen molar-refractivity contribution < 1.29 is 24.2 Å². The number of aliphatic hydroxyl groups is 1. The topological polar surface area (TPSA) is 88.1 Å². The second-order valence-corrected chi connectivity index (χ2v) is 9.99. The first kappa shape index (κ1) is 24.0. The van der Waals surface area contributed by atoms with Crippen LogP contribution in [0.4, 0.5) is 0 Å². The number of benzene rings is 2. The van der Waals surface area contributed by atoms with E-state index in [1.165, 1.54) is 11.1 Å². The maximum absolute atomic E-state index is 13.2. The molecule has 5 rings (SSSR count). The minimum Gasteiger partial charge on any atom is -0.389 e. The Morgan fingerprint density at radius 3 is 2.43 bits per heavy atom. The lowest BCUT2D eigenvalue weighted by Crippen LogP contribution is -2.58. The molecule has 7 heteroatoms. The van der Waals surface area contributed by atoms with Gasteiger partial charge >= 0.3 is 0 Å². The van der Waals surface area contributed by atoms with Gasteiger partial charge in [-0.1, -0.05) is 54.6 Å². The Labute approximate surface area is 206 Å². The molecule has 0 spiro atoms. The van der Waals surface area contributed by atoms with Crippen molar-refractivity contribution in [3.05, 3.63) is 71.3 Å². The van der Waals surface area contributed by atoms with Gasteiger partial charge in [-0.3, -0.25) is 9.59 Å². The first-order valence-corrected chi connectivity index (χ1v) is 12.7. The summed E-state index contributed by atoms with van der Waals surface area (Å²) in [4.78, 5) is 27.8. The number of carbonyl (C=O) groups excluding carboxylic acids is 2. The number of carbonyl (C=O) groups is 2. The molecule has 0 aromatic heterocycles. The fourth-order valence-corrected chi connectivity index (χ4v) is 5.65. The van der Waals surface area contributed by atoms with Crippen molar-refractivity contribution in [3.63, 3.8) is 0 Å². The Hall–Kier alpha value is -2.74. The van der Waals surface area contributed by atoms with E-state index in [-0.39, 0.29) is 55.7 Å². The number of ether oxygens (including phenoxy) is 2. The van der Waals surface area contributed by atoms with E-state index < -0.39 is 6.10 Å². The zero-order valence-electron chi connectivity index (χ0n) is 20.0. The molecular weight excluding hydrogens is 444 g/mol. The lowest BCUT2D eigenvalue weighted by Gasteiger charge is -2.44. The van der Waals surface area contributed by atoms with Gasteiger partial charge in [0.25, 0.3) is 0 Å². The van der Waals surface area contributed by atoms with Gasteiger partial charge in [-0.15, -0.1) is 0 Å². The summed E-state index contributed by atoms with van der Waals surface area (Å²) in [7, 11) is 0. The zero-order valence-corrected chi connectivity index (χ0v) is 20.0. The van der Waals surface area contributed by atoms with Crippen molar-refractivity contribution >= 4 is 11.8 Å². The SMILES string of the molecule is O=C(C[C@@H]1CC[C@@H]2[C@H](COC[C@H](O)CN2C(=O)Cc2ccccc2)O1)NC1Cc2ccccc2C1. The van der Waals surface area contributed by atoms with Crippen molar-refractivity contribution in [3.8, 4) is 0 Å². The van der Waals surface area contributed by atoms with Gasteiger partial charge in [0.15, 0.2) is 0 Å². The Morgan fingerprint density at radius 2 is 1.69 bits per heavy atom. The van der Waals surface area contributed by atoms with Gasteiger partial charge in [-0.25, -0.2) is 0 Å². The zero-order chi connectivity index (χ0) is 24.2. The van der Waals surface area contributed by atoms with Crippen molar-refractivity contribution in [2.24, 2.45) is 0 Å². The summed E-state index contributed by atoms with van der Waals surface area (Å²) in [6.07, 6.45) is 2.47. The highest BCUT2D eigenvalue weighted by atomic mass is 16.5. The highest BCUT2D eigenvalue weighted by Crippen LogP contribution is 2.29. The minimum absolute atomic E-state index is 0.00505. The molecule has 186 valence electrons. The summed E-state index contributed by atoms with van der Waals surface area (Å²) in [5.41, 5.74) is 3.56. The molecule has 2 amide bonds. The molecule has 0 unspecified atom stereocenters. The quantitative estimate of drug-likeness (QED) is 0.687. The number of amides is 2. The van der Waals surface area contributed by atoms with Crippen LogP contribution in [0.5, 0.6) is 0 Å². The third kappa shape index (κ3) is 5.92. The van der Waals surface area contributed by atoms with Crippen LogP contribution in [0.2, 0.25) is 0 Å². The molecule has 2 saturated heterocycles. The standard InChI is InChI=1S/C28H34N2O5/c31-23-16-30(28(33)12-19-6-2-1-3-7-19)25-11-10-24(35-26(25)18-34-17-23)15-27(32)29-22-13-20-8-4-5-9-21(20)14-22/h1-9,22-26,31H,10-18H2,(H,29,32)/t23-,24+,25-,26+/m1/s1. The third-order valence-electron chi connectivity index (χ3n) is 7.33. The molecular formula is C28H34N2O5. The predicted octanol–water partition coefficient (Wildman–Crippen LogP) is 2.04. The van der Waals surface area contributed by atoms with E-state index in [4.69, 9.17) is 9.47 Å². The monoisotopic (exact) mass is 478 g/mol. The molecule has 2 aromatic carbocycles. The highest BCUT2D eigenvalue weighted by Gasteiger charge is 2.40. The maximum atomic E-state index is 13.2. The number of nitrogens with one attached hydrogen (secondary N) is 1. The molecule has 4 atom stereocenters. The predicted molar refractivity (Wildman–Crippen MR) is 131 cm³/mol. The van der Waals surface area contributed by atoms with E-state index in [2.05, 4.69) is 17.4 Å². The van der Waals surface area contributed by atoms with Crippen LogP contribution in [-0.4, -0.2) is 72.0 Å². The molecule has 35 heavy (non-hydrogen) atoms. The molecule has 0 radical (unpaired) electrons. The van der Waals surface area contributed by atoms with Gasteiger partial charge in [0.05, 0.1) is 44.3 Å². The van der Waals surface area contributed by atoms with Crippen LogP contribution in [0.15, 0.2) is 54.6 Å². The van der Waals surface area contributed by atoms with Crippen molar-refractivity contribution in [2.45, 2.75) is 68.9 Å². The van der Waals surface area contributed by atoms with E-state index in [0.29, 0.717) is 25.9 Å². The molecule has 1 aliphatic carbocycles. The van der Waals surface area contributed by atoms with Crippen LogP contribution in [0.1, 0.15) is 36.0 Å². The van der Waals surface area contributed by atoms with E-state index in [9.17, 15) is 14.7 Å². The summed E-state index contributed by atoms with van der Waals surface area (Å²) in [5, 5.41) is 13.5. The molecule has 2 N–H and O–H groups in total. The lowest BCUT2D eigenvalue weighted by atomic mass is 9.94. The number of nitrogens with zero attached hydrogens (tertiary/aromatic N) is 1. The maximum Gasteiger partial charge on any atom is 0.227 e. The Bertz CT molecular complexity index is 1000. The van der Waals surface area contributed by atoms with E-state index in [1.54, 1.807) is 4.90 Å². The van der Waals surface area contributed by atoms with Crippen LogP contribution >= 0.6 is 0 Å². The minimum atomic E-state index is -0.727. The number of β-amino-alcohol motifs (C(OH)–C–C–N with tert-alkyl or cyclic N) is 1. The molecule has 2 fully saturated rings. The number of hydrogen-bond donors (Lipinski definition) is 2. The first-order valence-electron chi connectivity index (χ1n) is 12.7. The van der Waals surface area contributed by atoms with Crippen molar-refractivity contribution in [1.82, 2.24) is 10.2 Å². The summed E-state index contributed by atoms with van der Waals surface area (Å²) in [6, 6.07) is 17.9. The lowest BCUT2D eigenvalue weighted by molar-refractivity contribution is -0.169. The Balaban J connectivity index is 1.18. The van der Waals surface area contributed by atoms with E-state index in [0.717, 1.165) is 18.4 Å². The third-order valence-corrected chi connectivity index (χ3v) is 7.33. The van der Waals surface area contributed by atoms with Crippen LogP contribution < -0.4 is 5.32 Å². The molecule has 2 heterocycles. The Kier molecular flexibility index (Phi) is 7.46. The normalized spacial score (nSPS) is 26.8. The Morgan fingerprint density at radius 1 is 0.971 bits per heavy atom. The molecule has 7 nitrogen and oxygen atoms in total. The molecule has 2 aromatic rings. The van der Waals surface area contributed by atoms with Crippen LogP contribution in [0.25, 0.3) is 0 Å². The van der Waals surface area contributed by atoms with E-state index >= 15 is 0 Å². The second kappa shape index (κ2) is 10.9. The highest BCUT2D eigenvalue weighted by molar-refractivity contribution is 5.79. The van der Waals surface area contributed by atoms with Gasteiger partial charge in [0.1, 0.15) is 6.10 Å². The van der Waals surface area contributed by atoms with Gasteiger partial charge in [-0.2, -0.15) is 0 Å². The van der Waals surface area contributed by atoms with Crippen molar-refractivity contribution in [2.75, 3.05) is 19.8 Å². The van der Waals surface area contributed by atoms with E-state index in [1.807, 2.05) is 42.5 Å². The fraction of sp³-hybridized carbons (Fsp3) is 0.500. The van der Waals surface area contributed by atoms with Crippen LogP contribution in [0.3, 0.4) is 0 Å². The van der Waals surface area contributed by atoms with Crippen LogP contribution in [-0.2, 0) is 38.3 Å².